The van der Waals surface area contributed by atoms with E-state index in [1.807, 2.05) is 43.3 Å². The number of aryl methyl sites for hydroxylation is 1. The van der Waals surface area contributed by atoms with Gasteiger partial charge in [0.05, 0.1) is 13.7 Å². The molecular weight excluding hydrogens is 326 g/mol. The molecule has 2 rings (SSSR count). The van der Waals surface area contributed by atoms with Gasteiger partial charge in [-0.2, -0.15) is 0 Å². The lowest BCUT2D eigenvalue weighted by Crippen LogP contribution is -2.22. The van der Waals surface area contributed by atoms with Crippen molar-refractivity contribution in [3.8, 4) is 11.5 Å². The maximum atomic E-state index is 11.9. The van der Waals surface area contributed by atoms with Crippen LogP contribution in [0.15, 0.2) is 42.5 Å². The van der Waals surface area contributed by atoms with Gasteiger partial charge < -0.3 is 14.8 Å². The molecule has 0 aliphatic heterocycles. The van der Waals surface area contributed by atoms with Gasteiger partial charge in [-0.3, -0.25) is 4.79 Å². The van der Waals surface area contributed by atoms with Gasteiger partial charge in [-0.05, 0) is 54.8 Å². The van der Waals surface area contributed by atoms with Gasteiger partial charge in [0.2, 0.25) is 5.91 Å². The molecule has 0 aliphatic carbocycles. The van der Waals surface area contributed by atoms with Crippen LogP contribution in [0.3, 0.4) is 0 Å². The number of ether oxygens (including phenoxy) is 2. The van der Waals surface area contributed by atoms with Gasteiger partial charge in [0, 0.05) is 18.0 Å². The second-order valence-electron chi connectivity index (χ2n) is 5.49. The quantitative estimate of drug-likeness (QED) is 0.730. The van der Waals surface area contributed by atoms with Gasteiger partial charge in [0.25, 0.3) is 0 Å². The van der Waals surface area contributed by atoms with E-state index in [0.717, 1.165) is 22.6 Å². The Hall–Kier alpha value is -2.20. The van der Waals surface area contributed by atoms with E-state index in [-0.39, 0.29) is 5.91 Å². The Labute approximate surface area is 147 Å². The topological polar surface area (TPSA) is 47.6 Å². The van der Waals surface area contributed by atoms with Crippen molar-refractivity contribution in [2.24, 2.45) is 0 Å². The number of hydrogen-bond acceptors (Lipinski definition) is 3. The summed E-state index contributed by atoms with van der Waals surface area (Å²) in [6, 6.07) is 13.1. The molecule has 5 heteroatoms. The molecule has 128 valence electrons. The molecule has 1 N–H and O–H groups in total. The van der Waals surface area contributed by atoms with E-state index in [0.29, 0.717) is 31.0 Å². The molecule has 0 unspecified atom stereocenters. The summed E-state index contributed by atoms with van der Waals surface area (Å²) in [4.78, 5) is 11.9. The summed E-state index contributed by atoms with van der Waals surface area (Å²) in [6.07, 6.45) is 1.10. The van der Waals surface area contributed by atoms with Crippen LogP contribution in [0.5, 0.6) is 11.5 Å². The van der Waals surface area contributed by atoms with E-state index in [1.165, 1.54) is 0 Å². The van der Waals surface area contributed by atoms with E-state index < -0.39 is 0 Å². The Kier molecular flexibility index (Phi) is 6.94. The zero-order chi connectivity index (χ0) is 17.4. The van der Waals surface area contributed by atoms with Crippen LogP contribution in [0.25, 0.3) is 0 Å². The number of amides is 1. The molecule has 24 heavy (non-hydrogen) atoms. The van der Waals surface area contributed by atoms with E-state index in [1.54, 1.807) is 13.2 Å². The zero-order valence-corrected chi connectivity index (χ0v) is 14.7. The Balaban J connectivity index is 1.65. The summed E-state index contributed by atoms with van der Waals surface area (Å²) in [6.45, 7) is 2.96. The van der Waals surface area contributed by atoms with Crippen LogP contribution in [0, 0.1) is 6.92 Å². The Morgan fingerprint density at radius 3 is 2.58 bits per heavy atom. The number of methoxy groups -OCH3 is 1. The van der Waals surface area contributed by atoms with Crippen molar-refractivity contribution in [1.29, 1.82) is 0 Å². The summed E-state index contributed by atoms with van der Waals surface area (Å²) < 4.78 is 10.8. The first-order valence-corrected chi connectivity index (χ1v) is 8.25. The highest BCUT2D eigenvalue weighted by molar-refractivity contribution is 6.30. The van der Waals surface area contributed by atoms with Crippen molar-refractivity contribution in [2.45, 2.75) is 26.3 Å². The molecule has 0 bridgehead atoms. The summed E-state index contributed by atoms with van der Waals surface area (Å²) in [5.41, 5.74) is 2.03. The standard InChI is InChI=1S/C19H22ClNO3/c1-14-12-16(20)7-10-18(14)24-11-3-4-19(22)21-13-15-5-8-17(23-2)9-6-15/h5-10,12H,3-4,11,13H2,1-2H3,(H,21,22). The first kappa shape index (κ1) is 18.1. The number of halogens is 1. The van der Waals surface area contributed by atoms with Gasteiger partial charge in [0.15, 0.2) is 0 Å². The molecule has 2 aromatic rings. The molecule has 0 spiro atoms. The van der Waals surface area contributed by atoms with Crippen molar-refractivity contribution in [2.75, 3.05) is 13.7 Å². The summed E-state index contributed by atoms with van der Waals surface area (Å²) in [5.74, 6) is 1.63. The summed E-state index contributed by atoms with van der Waals surface area (Å²) in [5, 5.41) is 3.59. The minimum Gasteiger partial charge on any atom is -0.497 e. The number of carbonyl (C=O) groups excluding carboxylic acids is 1. The van der Waals surface area contributed by atoms with E-state index in [4.69, 9.17) is 21.1 Å². The van der Waals surface area contributed by atoms with E-state index in [9.17, 15) is 4.79 Å². The second-order valence-corrected chi connectivity index (χ2v) is 5.92. The fraction of sp³-hybridized carbons (Fsp3) is 0.316. The van der Waals surface area contributed by atoms with Crippen LogP contribution in [0.2, 0.25) is 5.02 Å². The predicted molar refractivity (Wildman–Crippen MR) is 95.8 cm³/mol. The normalized spacial score (nSPS) is 10.3. The van der Waals surface area contributed by atoms with Gasteiger partial charge in [-0.25, -0.2) is 0 Å². The molecule has 0 fully saturated rings. The monoisotopic (exact) mass is 347 g/mol. The largest absolute Gasteiger partial charge is 0.497 e. The molecule has 2 aromatic carbocycles. The van der Waals surface area contributed by atoms with Crippen molar-refractivity contribution in [3.63, 3.8) is 0 Å². The average Bonchev–Trinajstić information content (AvgIpc) is 2.59. The van der Waals surface area contributed by atoms with Gasteiger partial charge >= 0.3 is 0 Å². The molecule has 1 amide bonds. The van der Waals surface area contributed by atoms with Crippen molar-refractivity contribution in [1.82, 2.24) is 5.32 Å². The average molecular weight is 348 g/mol. The number of nitrogens with one attached hydrogen (secondary N) is 1. The molecule has 0 saturated heterocycles. The van der Waals surface area contributed by atoms with Crippen LogP contribution in [0.1, 0.15) is 24.0 Å². The molecular formula is C19H22ClNO3. The minimum absolute atomic E-state index is 0.0160. The third-order valence-corrected chi connectivity index (χ3v) is 3.83. The molecule has 4 nitrogen and oxygen atoms in total. The highest BCUT2D eigenvalue weighted by atomic mass is 35.5. The van der Waals surface area contributed by atoms with Gasteiger partial charge in [-0.15, -0.1) is 0 Å². The molecule has 0 aromatic heterocycles. The van der Waals surface area contributed by atoms with Crippen LogP contribution >= 0.6 is 11.6 Å². The maximum Gasteiger partial charge on any atom is 0.220 e. The van der Waals surface area contributed by atoms with Gasteiger partial charge in [-0.1, -0.05) is 23.7 Å². The van der Waals surface area contributed by atoms with Crippen molar-refractivity contribution in [3.05, 3.63) is 58.6 Å². The number of hydrogen-bond donors (Lipinski definition) is 1. The summed E-state index contributed by atoms with van der Waals surface area (Å²) in [7, 11) is 1.63. The zero-order valence-electron chi connectivity index (χ0n) is 14.0. The van der Waals surface area contributed by atoms with E-state index in [2.05, 4.69) is 5.32 Å². The lowest BCUT2D eigenvalue weighted by molar-refractivity contribution is -0.121. The van der Waals surface area contributed by atoms with Crippen LogP contribution < -0.4 is 14.8 Å². The fourth-order valence-electron chi connectivity index (χ4n) is 2.22. The van der Waals surface area contributed by atoms with Crippen molar-refractivity contribution >= 4 is 17.5 Å². The Morgan fingerprint density at radius 2 is 1.92 bits per heavy atom. The molecule has 0 aliphatic rings. The minimum atomic E-state index is 0.0160. The molecule has 0 radical (unpaired) electrons. The smallest absolute Gasteiger partial charge is 0.220 e. The first-order chi connectivity index (χ1) is 11.6. The number of benzene rings is 2. The van der Waals surface area contributed by atoms with Crippen LogP contribution in [0.4, 0.5) is 0 Å². The lowest BCUT2D eigenvalue weighted by atomic mass is 10.2. The molecule has 0 heterocycles. The fourth-order valence-corrected chi connectivity index (χ4v) is 2.45. The number of carbonyl (C=O) groups is 1. The number of rotatable bonds is 8. The second kappa shape index (κ2) is 9.18. The highest BCUT2D eigenvalue weighted by Gasteiger charge is 2.04. The highest BCUT2D eigenvalue weighted by Crippen LogP contribution is 2.21. The van der Waals surface area contributed by atoms with Gasteiger partial charge in [0.1, 0.15) is 11.5 Å². The third kappa shape index (κ3) is 5.78. The first-order valence-electron chi connectivity index (χ1n) is 7.87. The molecule has 0 atom stereocenters. The SMILES string of the molecule is COc1ccc(CNC(=O)CCCOc2ccc(Cl)cc2C)cc1. The van der Waals surface area contributed by atoms with E-state index >= 15 is 0 Å². The maximum absolute atomic E-state index is 11.9. The predicted octanol–water partition coefficient (Wildman–Crippen LogP) is 4.13. The third-order valence-electron chi connectivity index (χ3n) is 3.59. The Bertz CT molecular complexity index is 671. The lowest BCUT2D eigenvalue weighted by Gasteiger charge is -2.09. The molecule has 0 saturated carbocycles. The summed E-state index contributed by atoms with van der Waals surface area (Å²) >= 11 is 5.91. The van der Waals surface area contributed by atoms with Crippen molar-refractivity contribution < 1.29 is 14.3 Å². The Morgan fingerprint density at radius 1 is 1.17 bits per heavy atom. The van der Waals surface area contributed by atoms with Crippen LogP contribution in [-0.2, 0) is 11.3 Å². The van der Waals surface area contributed by atoms with Crippen LogP contribution in [-0.4, -0.2) is 19.6 Å².